The molecule has 0 heterocycles. The molecular weight excluding hydrogens is 259 g/mol. The number of aromatic carboxylic acids is 1. The predicted octanol–water partition coefficient (Wildman–Crippen LogP) is 2.76. The number of hydrogen-bond donors (Lipinski definition) is 3. The van der Waals surface area contributed by atoms with Crippen molar-refractivity contribution >= 4 is 17.3 Å². The van der Waals surface area contributed by atoms with Gasteiger partial charge in [0.1, 0.15) is 5.82 Å². The maximum absolute atomic E-state index is 12.8. The van der Waals surface area contributed by atoms with E-state index in [-0.39, 0.29) is 11.4 Å². The number of benzene rings is 2. The molecule has 0 aliphatic carbocycles. The number of hydrogen-bond acceptors (Lipinski definition) is 3. The third-order valence-corrected chi connectivity index (χ3v) is 2.92. The van der Waals surface area contributed by atoms with Crippen LogP contribution in [0.2, 0.25) is 0 Å². The summed E-state index contributed by atoms with van der Waals surface area (Å²) in [5.41, 5.74) is 7.79. The van der Waals surface area contributed by atoms with Gasteiger partial charge in [0.05, 0.1) is 11.3 Å². The zero-order valence-electron chi connectivity index (χ0n) is 10.8. The second-order valence-corrected chi connectivity index (χ2v) is 4.41. The Morgan fingerprint density at radius 2 is 1.90 bits per heavy atom. The van der Waals surface area contributed by atoms with Gasteiger partial charge in [-0.05, 0) is 42.3 Å². The number of nitrogens with one attached hydrogen (secondary N) is 1. The fraction of sp³-hybridized carbons (Fsp3) is 0.133. The molecule has 104 valence electrons. The van der Waals surface area contributed by atoms with Crippen LogP contribution in [0.4, 0.5) is 15.8 Å². The minimum atomic E-state index is -1.01. The van der Waals surface area contributed by atoms with Crippen LogP contribution >= 0.6 is 0 Å². The van der Waals surface area contributed by atoms with Crippen LogP contribution in [0.1, 0.15) is 15.9 Å². The van der Waals surface area contributed by atoms with Crippen molar-refractivity contribution < 1.29 is 14.3 Å². The molecule has 2 aromatic rings. The number of nitrogen functional groups attached to an aromatic ring is 1. The van der Waals surface area contributed by atoms with E-state index in [4.69, 9.17) is 10.8 Å². The summed E-state index contributed by atoms with van der Waals surface area (Å²) in [6.07, 6.45) is 0.661. The molecule has 4 nitrogen and oxygen atoms in total. The molecule has 4 N–H and O–H groups in total. The number of nitrogens with two attached hydrogens (primary N) is 1. The van der Waals surface area contributed by atoms with Gasteiger partial charge in [-0.2, -0.15) is 0 Å². The molecule has 0 saturated heterocycles. The van der Waals surface area contributed by atoms with Gasteiger partial charge < -0.3 is 16.2 Å². The smallest absolute Gasteiger partial charge is 0.337 e. The van der Waals surface area contributed by atoms with E-state index >= 15 is 0 Å². The predicted molar refractivity (Wildman–Crippen MR) is 76.4 cm³/mol. The molecule has 0 aliphatic rings. The highest BCUT2D eigenvalue weighted by Gasteiger charge is 2.09. The van der Waals surface area contributed by atoms with Gasteiger partial charge in [-0.15, -0.1) is 0 Å². The topological polar surface area (TPSA) is 75.4 Å². The van der Waals surface area contributed by atoms with Crippen molar-refractivity contribution in [2.24, 2.45) is 0 Å². The first kappa shape index (κ1) is 13.9. The molecule has 0 radical (unpaired) electrons. The van der Waals surface area contributed by atoms with E-state index < -0.39 is 5.97 Å². The summed E-state index contributed by atoms with van der Waals surface area (Å²) in [7, 11) is 0. The van der Waals surface area contributed by atoms with Gasteiger partial charge in [0.2, 0.25) is 0 Å². The molecule has 2 aromatic carbocycles. The van der Waals surface area contributed by atoms with Crippen molar-refractivity contribution in [2.45, 2.75) is 6.42 Å². The van der Waals surface area contributed by atoms with E-state index in [0.717, 1.165) is 5.56 Å². The third kappa shape index (κ3) is 3.47. The molecule has 0 aromatic heterocycles. The Morgan fingerprint density at radius 3 is 2.55 bits per heavy atom. The van der Waals surface area contributed by atoms with E-state index in [1.807, 2.05) is 0 Å². The van der Waals surface area contributed by atoms with Gasteiger partial charge in [-0.3, -0.25) is 0 Å². The fourth-order valence-electron chi connectivity index (χ4n) is 1.89. The average molecular weight is 274 g/mol. The van der Waals surface area contributed by atoms with Crippen molar-refractivity contribution in [1.82, 2.24) is 0 Å². The summed E-state index contributed by atoms with van der Waals surface area (Å²) in [6, 6.07) is 10.8. The highest BCUT2D eigenvalue weighted by Crippen LogP contribution is 2.19. The highest BCUT2D eigenvalue weighted by atomic mass is 19.1. The Hall–Kier alpha value is -2.56. The lowest BCUT2D eigenvalue weighted by atomic mass is 10.1. The molecule has 0 unspecified atom stereocenters. The Bertz CT molecular complexity index is 612. The lowest BCUT2D eigenvalue weighted by Gasteiger charge is -2.10. The Balaban J connectivity index is 2.02. The largest absolute Gasteiger partial charge is 0.478 e. The molecule has 0 aliphatic heterocycles. The molecule has 0 bridgehead atoms. The summed E-state index contributed by atoms with van der Waals surface area (Å²) >= 11 is 0. The minimum absolute atomic E-state index is 0.179. The maximum Gasteiger partial charge on any atom is 0.337 e. The molecule has 0 saturated carbocycles. The quantitative estimate of drug-likeness (QED) is 0.733. The molecule has 0 spiro atoms. The summed E-state index contributed by atoms with van der Waals surface area (Å²) in [6.45, 7) is 0.537. The fourth-order valence-corrected chi connectivity index (χ4v) is 1.89. The molecule has 20 heavy (non-hydrogen) atoms. The number of carbonyl (C=O) groups is 1. The van der Waals surface area contributed by atoms with Crippen LogP contribution in [0.3, 0.4) is 0 Å². The first-order valence-corrected chi connectivity index (χ1v) is 6.17. The number of halogens is 1. The molecular formula is C15H15FN2O2. The molecule has 0 fully saturated rings. The van der Waals surface area contributed by atoms with Gasteiger partial charge in [-0.25, -0.2) is 9.18 Å². The van der Waals surface area contributed by atoms with Crippen molar-refractivity contribution in [1.29, 1.82) is 0 Å². The normalized spacial score (nSPS) is 10.2. The maximum atomic E-state index is 12.8. The molecule has 2 rings (SSSR count). The summed E-state index contributed by atoms with van der Waals surface area (Å²) in [5.74, 6) is -1.28. The zero-order chi connectivity index (χ0) is 14.5. The number of anilines is 2. The van der Waals surface area contributed by atoms with Gasteiger partial charge in [0.25, 0.3) is 0 Å². The van der Waals surface area contributed by atoms with Gasteiger partial charge >= 0.3 is 5.97 Å². The number of rotatable bonds is 5. The SMILES string of the molecule is Nc1ccc(C(=O)O)c(NCCc2ccc(F)cc2)c1. The highest BCUT2D eigenvalue weighted by molar-refractivity contribution is 5.95. The molecule has 0 amide bonds. The van der Waals surface area contributed by atoms with E-state index in [2.05, 4.69) is 5.32 Å². The Morgan fingerprint density at radius 1 is 1.20 bits per heavy atom. The first-order chi connectivity index (χ1) is 9.56. The van der Waals surface area contributed by atoms with Gasteiger partial charge in [-0.1, -0.05) is 12.1 Å². The van der Waals surface area contributed by atoms with E-state index in [1.165, 1.54) is 18.2 Å². The van der Waals surface area contributed by atoms with Crippen LogP contribution in [-0.4, -0.2) is 17.6 Å². The number of carboxylic acids is 1. The third-order valence-electron chi connectivity index (χ3n) is 2.92. The lowest BCUT2D eigenvalue weighted by molar-refractivity contribution is 0.0698. The lowest BCUT2D eigenvalue weighted by Crippen LogP contribution is -2.10. The van der Waals surface area contributed by atoms with Crippen LogP contribution in [0.5, 0.6) is 0 Å². The van der Waals surface area contributed by atoms with E-state index in [0.29, 0.717) is 24.3 Å². The molecule has 5 heteroatoms. The van der Waals surface area contributed by atoms with E-state index in [9.17, 15) is 9.18 Å². The van der Waals surface area contributed by atoms with Crippen LogP contribution in [-0.2, 0) is 6.42 Å². The second-order valence-electron chi connectivity index (χ2n) is 4.41. The van der Waals surface area contributed by atoms with Crippen molar-refractivity contribution in [3.05, 3.63) is 59.4 Å². The van der Waals surface area contributed by atoms with E-state index in [1.54, 1.807) is 24.3 Å². The monoisotopic (exact) mass is 274 g/mol. The van der Waals surface area contributed by atoms with Crippen molar-refractivity contribution in [2.75, 3.05) is 17.6 Å². The van der Waals surface area contributed by atoms with Crippen LogP contribution in [0.15, 0.2) is 42.5 Å². The standard InChI is InChI=1S/C15H15FN2O2/c16-11-3-1-10(2-4-11)7-8-18-14-9-12(17)5-6-13(14)15(19)20/h1-6,9,18H,7-8,17H2,(H,19,20). The first-order valence-electron chi connectivity index (χ1n) is 6.17. The Kier molecular flexibility index (Phi) is 4.20. The number of carboxylic acid groups (broad SMARTS) is 1. The summed E-state index contributed by atoms with van der Waals surface area (Å²) in [5, 5.41) is 12.1. The van der Waals surface area contributed by atoms with Gasteiger partial charge in [0, 0.05) is 12.2 Å². The minimum Gasteiger partial charge on any atom is -0.478 e. The second kappa shape index (κ2) is 6.06. The van der Waals surface area contributed by atoms with Gasteiger partial charge in [0.15, 0.2) is 0 Å². The van der Waals surface area contributed by atoms with Crippen LogP contribution < -0.4 is 11.1 Å². The van der Waals surface area contributed by atoms with Crippen LogP contribution in [0.25, 0.3) is 0 Å². The Labute approximate surface area is 116 Å². The van der Waals surface area contributed by atoms with Crippen molar-refractivity contribution in [3.63, 3.8) is 0 Å². The average Bonchev–Trinajstić information content (AvgIpc) is 2.41. The van der Waals surface area contributed by atoms with Crippen molar-refractivity contribution in [3.8, 4) is 0 Å². The summed E-state index contributed by atoms with van der Waals surface area (Å²) < 4.78 is 12.8. The molecule has 0 atom stereocenters. The summed E-state index contributed by atoms with van der Waals surface area (Å²) in [4.78, 5) is 11.1. The van der Waals surface area contributed by atoms with Crippen LogP contribution in [0, 0.1) is 5.82 Å². The zero-order valence-corrected chi connectivity index (χ0v) is 10.8.